The van der Waals surface area contributed by atoms with E-state index in [4.69, 9.17) is 0 Å². The first-order chi connectivity index (χ1) is 8.95. The number of aryl methyl sites for hydroxylation is 1. The Morgan fingerprint density at radius 2 is 2.21 bits per heavy atom. The SMILES string of the molecule is Cc1cc(Br)ccc1N1C(CCO)CNCC1(C)C. The fourth-order valence-corrected chi connectivity index (χ4v) is 3.48. The van der Waals surface area contributed by atoms with Crippen molar-refractivity contribution in [3.8, 4) is 0 Å². The van der Waals surface area contributed by atoms with E-state index in [9.17, 15) is 5.11 Å². The summed E-state index contributed by atoms with van der Waals surface area (Å²) in [4.78, 5) is 2.47. The van der Waals surface area contributed by atoms with Crippen LogP contribution in [0.15, 0.2) is 22.7 Å². The van der Waals surface area contributed by atoms with Crippen LogP contribution in [0.1, 0.15) is 25.8 Å². The number of benzene rings is 1. The van der Waals surface area contributed by atoms with Crippen molar-refractivity contribution in [2.24, 2.45) is 0 Å². The van der Waals surface area contributed by atoms with Gasteiger partial charge in [0.2, 0.25) is 0 Å². The Balaban J connectivity index is 2.40. The van der Waals surface area contributed by atoms with Crippen LogP contribution in [0.25, 0.3) is 0 Å². The van der Waals surface area contributed by atoms with Crippen LogP contribution in [0.5, 0.6) is 0 Å². The number of rotatable bonds is 3. The van der Waals surface area contributed by atoms with Gasteiger partial charge in [0, 0.05) is 41.4 Å². The molecule has 1 atom stereocenters. The molecule has 2 rings (SSSR count). The van der Waals surface area contributed by atoms with Crippen LogP contribution < -0.4 is 10.2 Å². The van der Waals surface area contributed by atoms with Crippen LogP contribution in [0.2, 0.25) is 0 Å². The molecule has 0 aliphatic carbocycles. The molecule has 0 spiro atoms. The van der Waals surface area contributed by atoms with E-state index < -0.39 is 0 Å². The van der Waals surface area contributed by atoms with E-state index >= 15 is 0 Å². The number of piperazine rings is 1. The predicted octanol–water partition coefficient (Wildman–Crippen LogP) is 2.70. The maximum atomic E-state index is 9.30. The molecule has 1 aliphatic rings. The van der Waals surface area contributed by atoms with Gasteiger partial charge in [0.25, 0.3) is 0 Å². The summed E-state index contributed by atoms with van der Waals surface area (Å²) in [6.07, 6.45) is 0.798. The van der Waals surface area contributed by atoms with E-state index in [0.717, 1.165) is 24.0 Å². The monoisotopic (exact) mass is 326 g/mol. The van der Waals surface area contributed by atoms with Crippen LogP contribution in [0.3, 0.4) is 0 Å². The Bertz CT molecular complexity index is 446. The summed E-state index contributed by atoms with van der Waals surface area (Å²) in [5.74, 6) is 0. The number of halogens is 1. The van der Waals surface area contributed by atoms with Crippen molar-refractivity contribution in [3.05, 3.63) is 28.2 Å². The second-order valence-corrected chi connectivity index (χ2v) is 6.83. The average Bonchev–Trinajstić information content (AvgIpc) is 2.31. The van der Waals surface area contributed by atoms with E-state index in [0.29, 0.717) is 6.04 Å². The fourth-order valence-electron chi connectivity index (χ4n) is 3.01. The number of hydrogen-bond donors (Lipinski definition) is 2. The van der Waals surface area contributed by atoms with Crippen LogP contribution in [0, 0.1) is 6.92 Å². The molecule has 1 heterocycles. The molecule has 1 aliphatic heterocycles. The third-order valence-electron chi connectivity index (χ3n) is 3.84. The van der Waals surface area contributed by atoms with Crippen LogP contribution in [-0.2, 0) is 0 Å². The molecule has 1 fully saturated rings. The van der Waals surface area contributed by atoms with Crippen molar-refractivity contribution < 1.29 is 5.11 Å². The quantitative estimate of drug-likeness (QED) is 0.896. The van der Waals surface area contributed by atoms with Crippen LogP contribution in [0.4, 0.5) is 5.69 Å². The topological polar surface area (TPSA) is 35.5 Å². The number of anilines is 1. The third kappa shape index (κ3) is 3.12. The molecule has 1 unspecified atom stereocenters. The number of aliphatic hydroxyl groups is 1. The van der Waals surface area contributed by atoms with Crippen molar-refractivity contribution in [1.82, 2.24) is 5.32 Å². The summed E-state index contributed by atoms with van der Waals surface area (Å²) in [5.41, 5.74) is 2.59. The molecule has 1 aromatic rings. The summed E-state index contributed by atoms with van der Waals surface area (Å²) >= 11 is 3.52. The van der Waals surface area contributed by atoms with Crippen molar-refractivity contribution >= 4 is 21.6 Å². The van der Waals surface area contributed by atoms with Gasteiger partial charge in [-0.3, -0.25) is 0 Å². The van der Waals surface area contributed by atoms with Crippen molar-refractivity contribution in [2.75, 3.05) is 24.6 Å². The number of hydrogen-bond acceptors (Lipinski definition) is 3. The highest BCUT2D eigenvalue weighted by Gasteiger charge is 2.36. The first-order valence-electron chi connectivity index (χ1n) is 6.83. The lowest BCUT2D eigenvalue weighted by molar-refractivity contribution is 0.241. The minimum Gasteiger partial charge on any atom is -0.396 e. The highest BCUT2D eigenvalue weighted by atomic mass is 79.9. The molecule has 0 radical (unpaired) electrons. The summed E-state index contributed by atoms with van der Waals surface area (Å²) in [6, 6.07) is 6.77. The minimum absolute atomic E-state index is 0.0523. The van der Waals surface area contributed by atoms with Crippen molar-refractivity contribution in [3.63, 3.8) is 0 Å². The van der Waals surface area contributed by atoms with E-state index in [1.54, 1.807) is 0 Å². The number of nitrogens with zero attached hydrogens (tertiary/aromatic N) is 1. The lowest BCUT2D eigenvalue weighted by Gasteiger charge is -2.50. The fraction of sp³-hybridized carbons (Fsp3) is 0.600. The lowest BCUT2D eigenvalue weighted by Crippen LogP contribution is -2.63. The molecule has 2 N–H and O–H groups in total. The zero-order valence-corrected chi connectivity index (χ0v) is 13.5. The van der Waals surface area contributed by atoms with Gasteiger partial charge in [-0.25, -0.2) is 0 Å². The molecule has 1 aromatic carbocycles. The van der Waals surface area contributed by atoms with E-state index in [2.05, 4.69) is 65.1 Å². The van der Waals surface area contributed by atoms with E-state index in [-0.39, 0.29) is 12.1 Å². The van der Waals surface area contributed by atoms with Gasteiger partial charge in [0.15, 0.2) is 0 Å². The van der Waals surface area contributed by atoms with Gasteiger partial charge in [0.1, 0.15) is 0 Å². The van der Waals surface area contributed by atoms with Gasteiger partial charge < -0.3 is 15.3 Å². The Kier molecular flexibility index (Phi) is 4.54. The zero-order valence-electron chi connectivity index (χ0n) is 11.9. The molecule has 4 heteroatoms. The molecule has 3 nitrogen and oxygen atoms in total. The van der Waals surface area contributed by atoms with E-state index in [1.807, 2.05) is 0 Å². The molecular weight excluding hydrogens is 304 g/mol. The summed E-state index contributed by atoms with van der Waals surface area (Å²) in [5, 5.41) is 12.8. The number of nitrogens with one attached hydrogen (secondary N) is 1. The summed E-state index contributed by atoms with van der Waals surface area (Å²) in [6.45, 7) is 8.78. The summed E-state index contributed by atoms with van der Waals surface area (Å²) in [7, 11) is 0. The molecule has 0 aromatic heterocycles. The molecule has 19 heavy (non-hydrogen) atoms. The maximum Gasteiger partial charge on any atom is 0.0474 e. The maximum absolute atomic E-state index is 9.30. The molecule has 0 saturated carbocycles. The Labute approximate surface area is 124 Å². The Morgan fingerprint density at radius 1 is 1.47 bits per heavy atom. The van der Waals surface area contributed by atoms with Crippen molar-refractivity contribution in [2.45, 2.75) is 38.8 Å². The van der Waals surface area contributed by atoms with Crippen molar-refractivity contribution in [1.29, 1.82) is 0 Å². The standard InChI is InChI=1S/C15H23BrN2O/c1-11-8-12(16)4-5-14(11)18-13(6-7-19)9-17-10-15(18,2)3/h4-5,8,13,17,19H,6-7,9-10H2,1-3H3. The Hall–Kier alpha value is -0.580. The molecule has 106 valence electrons. The smallest absolute Gasteiger partial charge is 0.0474 e. The van der Waals surface area contributed by atoms with Gasteiger partial charge in [-0.05, 0) is 51.0 Å². The normalized spacial score (nSPS) is 22.6. The highest BCUT2D eigenvalue weighted by Crippen LogP contribution is 2.33. The van der Waals surface area contributed by atoms with Gasteiger partial charge in [-0.2, -0.15) is 0 Å². The van der Waals surface area contributed by atoms with Gasteiger partial charge in [0.05, 0.1) is 0 Å². The van der Waals surface area contributed by atoms with Gasteiger partial charge in [-0.15, -0.1) is 0 Å². The second kappa shape index (κ2) is 5.81. The second-order valence-electron chi connectivity index (χ2n) is 5.91. The number of aliphatic hydroxyl groups excluding tert-OH is 1. The van der Waals surface area contributed by atoms with Gasteiger partial charge in [-0.1, -0.05) is 15.9 Å². The molecule has 1 saturated heterocycles. The van der Waals surface area contributed by atoms with Gasteiger partial charge >= 0.3 is 0 Å². The average molecular weight is 327 g/mol. The summed E-state index contributed by atoms with van der Waals surface area (Å²) < 4.78 is 1.11. The first-order valence-corrected chi connectivity index (χ1v) is 7.62. The third-order valence-corrected chi connectivity index (χ3v) is 4.33. The lowest BCUT2D eigenvalue weighted by atomic mass is 9.93. The van der Waals surface area contributed by atoms with Crippen LogP contribution >= 0.6 is 15.9 Å². The molecular formula is C15H23BrN2O. The first kappa shape index (κ1) is 14.8. The zero-order chi connectivity index (χ0) is 14.0. The minimum atomic E-state index is 0.0523. The molecule has 0 amide bonds. The van der Waals surface area contributed by atoms with E-state index in [1.165, 1.54) is 11.3 Å². The molecule has 0 bridgehead atoms. The predicted molar refractivity (Wildman–Crippen MR) is 83.8 cm³/mol. The largest absolute Gasteiger partial charge is 0.396 e. The Morgan fingerprint density at radius 3 is 2.84 bits per heavy atom. The van der Waals surface area contributed by atoms with Crippen LogP contribution in [-0.4, -0.2) is 36.4 Å². The highest BCUT2D eigenvalue weighted by molar-refractivity contribution is 9.10.